The third-order valence-corrected chi connectivity index (χ3v) is 5.61. The highest BCUT2D eigenvalue weighted by Gasteiger charge is 2.32. The number of hydrogen-bond donors (Lipinski definition) is 2. The number of anilines is 1. The molecule has 0 aliphatic rings. The molecule has 5 nitrogen and oxygen atoms in total. The number of thiophene rings is 1. The maximum absolute atomic E-state index is 12.7. The molecule has 0 aliphatic heterocycles. The van der Waals surface area contributed by atoms with Gasteiger partial charge in [-0.2, -0.15) is 8.78 Å². The lowest BCUT2D eigenvalue weighted by atomic mass is 10.2. The molecule has 0 saturated carbocycles. The van der Waals surface area contributed by atoms with Gasteiger partial charge in [0.05, 0.1) is 4.90 Å². The number of benzene rings is 1. The van der Waals surface area contributed by atoms with Crippen LogP contribution < -0.4 is 10.6 Å². The van der Waals surface area contributed by atoms with Crippen molar-refractivity contribution in [3.05, 3.63) is 46.2 Å². The third kappa shape index (κ3) is 5.21. The molecule has 2 rings (SSSR count). The second kappa shape index (κ2) is 9.23. The second-order valence-electron chi connectivity index (χ2n) is 4.85. The zero-order valence-electron chi connectivity index (χ0n) is 13.2. The number of halogens is 3. The Morgan fingerprint density at radius 3 is 2.64 bits per heavy atom. The van der Waals surface area contributed by atoms with Crippen molar-refractivity contribution in [2.45, 2.75) is 24.1 Å². The maximum atomic E-state index is 12.7. The molecule has 25 heavy (non-hydrogen) atoms. The van der Waals surface area contributed by atoms with E-state index in [2.05, 4.69) is 10.6 Å². The van der Waals surface area contributed by atoms with Crippen LogP contribution in [0.2, 0.25) is 0 Å². The second-order valence-corrected chi connectivity index (χ2v) is 7.66. The van der Waals surface area contributed by atoms with E-state index in [0.29, 0.717) is 12.2 Å². The molecule has 0 aliphatic carbocycles. The van der Waals surface area contributed by atoms with Crippen molar-refractivity contribution in [2.24, 2.45) is 0 Å². The molecule has 0 fully saturated rings. The SMILES string of the molecule is CCNCc1cccc(NC(=O)c2sccc2S(=O)(=O)C(F)F)c1.Cl. The fourth-order valence-electron chi connectivity index (χ4n) is 2.00. The number of nitrogens with one attached hydrogen (secondary N) is 2. The van der Waals surface area contributed by atoms with Gasteiger partial charge in [0.15, 0.2) is 0 Å². The number of alkyl halides is 2. The minimum absolute atomic E-state index is 0. The van der Waals surface area contributed by atoms with Crippen LogP contribution in [0.4, 0.5) is 14.5 Å². The summed E-state index contributed by atoms with van der Waals surface area (Å²) in [5, 5.41) is 6.99. The summed E-state index contributed by atoms with van der Waals surface area (Å²) in [6, 6.07) is 8.00. The molecule has 0 saturated heterocycles. The van der Waals surface area contributed by atoms with Crippen LogP contribution in [-0.4, -0.2) is 26.6 Å². The predicted octanol–water partition coefficient (Wildman–Crippen LogP) is 3.53. The van der Waals surface area contributed by atoms with Gasteiger partial charge in [0.1, 0.15) is 4.88 Å². The van der Waals surface area contributed by atoms with E-state index in [1.165, 1.54) is 5.38 Å². The highest BCUT2D eigenvalue weighted by Crippen LogP contribution is 2.27. The average Bonchev–Trinajstić information content (AvgIpc) is 3.03. The molecule has 0 radical (unpaired) electrons. The first kappa shape index (κ1) is 21.5. The number of sulfone groups is 1. The quantitative estimate of drug-likeness (QED) is 0.732. The molecule has 0 atom stereocenters. The van der Waals surface area contributed by atoms with Crippen molar-refractivity contribution >= 4 is 45.2 Å². The number of rotatable bonds is 7. The molecule has 10 heteroatoms. The van der Waals surface area contributed by atoms with Crippen molar-refractivity contribution < 1.29 is 22.0 Å². The summed E-state index contributed by atoms with van der Waals surface area (Å²) in [5.74, 6) is -4.30. The topological polar surface area (TPSA) is 75.3 Å². The van der Waals surface area contributed by atoms with Crippen LogP contribution in [0, 0.1) is 0 Å². The van der Waals surface area contributed by atoms with Gasteiger partial charge >= 0.3 is 5.76 Å². The van der Waals surface area contributed by atoms with E-state index in [0.717, 1.165) is 29.5 Å². The minimum Gasteiger partial charge on any atom is -0.321 e. The molecule has 2 aromatic rings. The fraction of sp³-hybridized carbons (Fsp3) is 0.267. The molecule has 0 bridgehead atoms. The number of amides is 1. The standard InChI is InChI=1S/C15H16F2N2O3S2.ClH/c1-2-18-9-10-4-3-5-11(8-10)19-14(20)13-12(6-7-23-13)24(21,22)15(16)17;/h3-8,15,18H,2,9H2,1H3,(H,19,20);1H. The molecule has 0 unspecified atom stereocenters. The number of hydrogen-bond acceptors (Lipinski definition) is 5. The Morgan fingerprint density at radius 1 is 1.28 bits per heavy atom. The van der Waals surface area contributed by atoms with E-state index in [1.54, 1.807) is 18.2 Å². The Bertz CT molecular complexity index is 826. The van der Waals surface area contributed by atoms with Crippen LogP contribution >= 0.6 is 23.7 Å². The molecule has 1 aromatic carbocycles. The molecular weight excluding hydrogens is 394 g/mol. The Kier molecular flexibility index (Phi) is 7.94. The largest absolute Gasteiger partial charge is 0.341 e. The summed E-state index contributed by atoms with van der Waals surface area (Å²) in [5.41, 5.74) is 1.39. The van der Waals surface area contributed by atoms with Crippen LogP contribution in [0.25, 0.3) is 0 Å². The Morgan fingerprint density at radius 2 is 2.00 bits per heavy atom. The summed E-state index contributed by atoms with van der Waals surface area (Å²) in [6.07, 6.45) is 0. The molecule has 1 amide bonds. The first-order valence-electron chi connectivity index (χ1n) is 7.06. The molecule has 138 valence electrons. The lowest BCUT2D eigenvalue weighted by Crippen LogP contribution is -2.18. The van der Waals surface area contributed by atoms with Gasteiger partial charge in [-0.3, -0.25) is 4.79 Å². The van der Waals surface area contributed by atoms with E-state index in [-0.39, 0.29) is 17.3 Å². The molecule has 0 spiro atoms. The Balaban J connectivity index is 0.00000312. The van der Waals surface area contributed by atoms with Gasteiger partial charge in [0.25, 0.3) is 5.91 Å². The van der Waals surface area contributed by atoms with Crippen LogP contribution in [0.5, 0.6) is 0 Å². The van der Waals surface area contributed by atoms with E-state index in [4.69, 9.17) is 0 Å². The normalized spacial score (nSPS) is 11.2. The Hall–Kier alpha value is -1.55. The van der Waals surface area contributed by atoms with E-state index in [9.17, 15) is 22.0 Å². The summed E-state index contributed by atoms with van der Waals surface area (Å²) < 4.78 is 48.6. The number of carbonyl (C=O) groups excluding carboxylic acids is 1. The van der Waals surface area contributed by atoms with Crippen LogP contribution in [-0.2, 0) is 16.4 Å². The first-order valence-corrected chi connectivity index (χ1v) is 9.49. The van der Waals surface area contributed by atoms with E-state index >= 15 is 0 Å². The number of carbonyl (C=O) groups is 1. The van der Waals surface area contributed by atoms with E-state index in [1.807, 2.05) is 13.0 Å². The highest BCUT2D eigenvalue weighted by atomic mass is 35.5. The van der Waals surface area contributed by atoms with Gasteiger partial charge in [-0.15, -0.1) is 23.7 Å². The van der Waals surface area contributed by atoms with Gasteiger partial charge in [0, 0.05) is 12.2 Å². The monoisotopic (exact) mass is 410 g/mol. The van der Waals surface area contributed by atoms with Crippen molar-refractivity contribution in [3.63, 3.8) is 0 Å². The van der Waals surface area contributed by atoms with Gasteiger partial charge < -0.3 is 10.6 Å². The summed E-state index contributed by atoms with van der Waals surface area (Å²) in [7, 11) is -4.82. The molecule has 1 aromatic heterocycles. The van der Waals surface area contributed by atoms with E-state index < -0.39 is 26.4 Å². The van der Waals surface area contributed by atoms with Crippen LogP contribution in [0.1, 0.15) is 22.2 Å². The van der Waals surface area contributed by atoms with Crippen molar-refractivity contribution in [3.8, 4) is 0 Å². The fourth-order valence-corrected chi connectivity index (χ4v) is 4.06. The molecule has 1 heterocycles. The molecule has 2 N–H and O–H groups in total. The van der Waals surface area contributed by atoms with Crippen molar-refractivity contribution in [2.75, 3.05) is 11.9 Å². The van der Waals surface area contributed by atoms with Crippen molar-refractivity contribution in [1.82, 2.24) is 5.32 Å². The van der Waals surface area contributed by atoms with Gasteiger partial charge in [-0.25, -0.2) is 8.42 Å². The maximum Gasteiger partial charge on any atom is 0.341 e. The summed E-state index contributed by atoms with van der Waals surface area (Å²) in [4.78, 5) is 11.4. The summed E-state index contributed by atoms with van der Waals surface area (Å²) in [6.45, 7) is 3.37. The smallest absolute Gasteiger partial charge is 0.321 e. The Labute approximate surface area is 154 Å². The predicted molar refractivity (Wildman–Crippen MR) is 96.5 cm³/mol. The van der Waals surface area contributed by atoms with Crippen LogP contribution in [0.15, 0.2) is 40.6 Å². The summed E-state index contributed by atoms with van der Waals surface area (Å²) >= 11 is 0.802. The zero-order chi connectivity index (χ0) is 17.7. The minimum atomic E-state index is -4.82. The first-order chi connectivity index (χ1) is 11.4. The third-order valence-electron chi connectivity index (χ3n) is 3.14. The molecular formula is C15H17ClF2N2O3S2. The average molecular weight is 411 g/mol. The zero-order valence-corrected chi connectivity index (χ0v) is 15.6. The lowest BCUT2D eigenvalue weighted by Gasteiger charge is -2.08. The van der Waals surface area contributed by atoms with Crippen LogP contribution in [0.3, 0.4) is 0 Å². The highest BCUT2D eigenvalue weighted by molar-refractivity contribution is 7.92. The van der Waals surface area contributed by atoms with Gasteiger partial charge in [-0.05, 0) is 35.7 Å². The lowest BCUT2D eigenvalue weighted by molar-refractivity contribution is 0.102. The van der Waals surface area contributed by atoms with Gasteiger partial charge in [0.2, 0.25) is 9.84 Å². The van der Waals surface area contributed by atoms with Gasteiger partial charge in [-0.1, -0.05) is 19.1 Å². The van der Waals surface area contributed by atoms with Crippen molar-refractivity contribution in [1.29, 1.82) is 0 Å².